The highest BCUT2D eigenvalue weighted by Gasteiger charge is 2.19. The zero-order valence-electron chi connectivity index (χ0n) is 11.8. The van der Waals surface area contributed by atoms with Gasteiger partial charge in [-0.05, 0) is 47.4 Å². The molecule has 0 nitrogen and oxygen atoms in total. The van der Waals surface area contributed by atoms with Crippen LogP contribution in [-0.4, -0.2) is 0 Å². The van der Waals surface area contributed by atoms with Crippen molar-refractivity contribution in [2.24, 2.45) is 5.92 Å². The molecule has 0 fully saturated rings. The molecular weight excluding hydrogens is 272 g/mol. The first-order valence-electron chi connectivity index (χ1n) is 6.83. The Morgan fingerprint density at radius 1 is 0.941 bits per heavy atom. The molecule has 1 aromatic rings. The molecule has 0 bridgehead atoms. The molecule has 0 aliphatic rings. The van der Waals surface area contributed by atoms with Crippen molar-refractivity contribution in [2.45, 2.75) is 58.7 Å². The van der Waals surface area contributed by atoms with Crippen LogP contribution in [0.3, 0.4) is 0 Å². The lowest BCUT2D eigenvalue weighted by molar-refractivity contribution is 0.632. The van der Waals surface area contributed by atoms with Crippen molar-refractivity contribution < 1.29 is 0 Å². The molecule has 1 rings (SSSR count). The average molecular weight is 297 g/mol. The second kappa shape index (κ2) is 6.58. The normalized spacial score (nSPS) is 13.1. The van der Waals surface area contributed by atoms with Gasteiger partial charge in [-0.25, -0.2) is 0 Å². The SMILES string of the molecule is CCc1cc(CC)c(C(Br)C(C)C)c(CC)c1. The molecule has 0 N–H and O–H groups in total. The Labute approximate surface area is 115 Å². The van der Waals surface area contributed by atoms with Gasteiger partial charge in [-0.3, -0.25) is 0 Å². The molecule has 0 aromatic heterocycles. The number of halogens is 1. The highest BCUT2D eigenvalue weighted by atomic mass is 79.9. The minimum Gasteiger partial charge on any atom is -0.0836 e. The summed E-state index contributed by atoms with van der Waals surface area (Å²) in [6, 6.07) is 4.79. The van der Waals surface area contributed by atoms with Gasteiger partial charge in [-0.15, -0.1) is 0 Å². The van der Waals surface area contributed by atoms with Gasteiger partial charge in [0.2, 0.25) is 0 Å². The van der Waals surface area contributed by atoms with Gasteiger partial charge in [0.25, 0.3) is 0 Å². The third-order valence-corrected chi connectivity index (χ3v) is 4.96. The molecular formula is C16H25Br. The van der Waals surface area contributed by atoms with Crippen LogP contribution in [0.15, 0.2) is 12.1 Å². The second-order valence-electron chi connectivity index (χ2n) is 5.03. The summed E-state index contributed by atoms with van der Waals surface area (Å²) in [5.74, 6) is 0.637. The summed E-state index contributed by atoms with van der Waals surface area (Å²) in [7, 11) is 0. The van der Waals surface area contributed by atoms with E-state index in [0.717, 1.165) is 19.3 Å². The molecule has 0 aliphatic carbocycles. The monoisotopic (exact) mass is 296 g/mol. The molecule has 1 aromatic carbocycles. The van der Waals surface area contributed by atoms with Crippen LogP contribution in [0.5, 0.6) is 0 Å². The number of aryl methyl sites for hydroxylation is 3. The zero-order valence-corrected chi connectivity index (χ0v) is 13.4. The Bertz CT molecular complexity index is 341. The first kappa shape index (κ1) is 14.8. The van der Waals surface area contributed by atoms with Gasteiger partial charge in [0.1, 0.15) is 0 Å². The van der Waals surface area contributed by atoms with E-state index in [1.165, 1.54) is 16.7 Å². The summed E-state index contributed by atoms with van der Waals surface area (Å²) in [6.45, 7) is 11.3. The third kappa shape index (κ3) is 3.34. The van der Waals surface area contributed by atoms with Gasteiger partial charge in [0, 0.05) is 4.83 Å². The first-order valence-corrected chi connectivity index (χ1v) is 7.75. The van der Waals surface area contributed by atoms with Crippen LogP contribution in [0.1, 0.15) is 61.7 Å². The van der Waals surface area contributed by atoms with Crippen molar-refractivity contribution in [1.29, 1.82) is 0 Å². The van der Waals surface area contributed by atoms with Gasteiger partial charge in [0.05, 0.1) is 0 Å². The molecule has 1 unspecified atom stereocenters. The van der Waals surface area contributed by atoms with E-state index in [1.807, 2.05) is 0 Å². The van der Waals surface area contributed by atoms with E-state index < -0.39 is 0 Å². The van der Waals surface area contributed by atoms with Gasteiger partial charge >= 0.3 is 0 Å². The minimum atomic E-state index is 0.485. The fourth-order valence-electron chi connectivity index (χ4n) is 2.33. The topological polar surface area (TPSA) is 0 Å². The predicted molar refractivity (Wildman–Crippen MR) is 81.1 cm³/mol. The van der Waals surface area contributed by atoms with Crippen LogP contribution in [0.2, 0.25) is 0 Å². The number of hydrogen-bond donors (Lipinski definition) is 0. The van der Waals surface area contributed by atoms with Crippen molar-refractivity contribution in [3.05, 3.63) is 34.4 Å². The Morgan fingerprint density at radius 2 is 1.41 bits per heavy atom. The van der Waals surface area contributed by atoms with Crippen molar-refractivity contribution in [3.8, 4) is 0 Å². The maximum atomic E-state index is 3.88. The van der Waals surface area contributed by atoms with Crippen molar-refractivity contribution >= 4 is 15.9 Å². The molecule has 0 amide bonds. The van der Waals surface area contributed by atoms with Crippen molar-refractivity contribution in [1.82, 2.24) is 0 Å². The molecule has 96 valence electrons. The lowest BCUT2D eigenvalue weighted by Crippen LogP contribution is -2.07. The Hall–Kier alpha value is -0.300. The van der Waals surface area contributed by atoms with E-state index in [0.29, 0.717) is 10.7 Å². The molecule has 0 saturated carbocycles. The van der Waals surface area contributed by atoms with Crippen LogP contribution in [0, 0.1) is 5.92 Å². The quantitative estimate of drug-likeness (QED) is 0.632. The van der Waals surface area contributed by atoms with Crippen molar-refractivity contribution in [3.63, 3.8) is 0 Å². The molecule has 1 heteroatoms. The highest BCUT2D eigenvalue weighted by Crippen LogP contribution is 2.36. The van der Waals surface area contributed by atoms with Crippen LogP contribution in [0.25, 0.3) is 0 Å². The highest BCUT2D eigenvalue weighted by molar-refractivity contribution is 9.09. The molecule has 0 spiro atoms. The summed E-state index contributed by atoms with van der Waals surface area (Å²) in [5, 5.41) is 0. The van der Waals surface area contributed by atoms with E-state index in [1.54, 1.807) is 5.56 Å². The molecule has 0 radical (unpaired) electrons. The average Bonchev–Trinajstić information content (AvgIpc) is 2.35. The molecule has 0 heterocycles. The third-order valence-electron chi connectivity index (χ3n) is 3.44. The lowest BCUT2D eigenvalue weighted by atomic mass is 9.88. The minimum absolute atomic E-state index is 0.485. The summed E-state index contributed by atoms with van der Waals surface area (Å²) >= 11 is 3.88. The van der Waals surface area contributed by atoms with Crippen molar-refractivity contribution in [2.75, 3.05) is 0 Å². The summed E-state index contributed by atoms with van der Waals surface area (Å²) in [4.78, 5) is 0.485. The lowest BCUT2D eigenvalue weighted by Gasteiger charge is -2.22. The number of benzene rings is 1. The van der Waals surface area contributed by atoms with Crippen LogP contribution in [0.4, 0.5) is 0 Å². The van der Waals surface area contributed by atoms with Gasteiger partial charge < -0.3 is 0 Å². The van der Waals surface area contributed by atoms with E-state index in [9.17, 15) is 0 Å². The van der Waals surface area contributed by atoms with Crippen LogP contribution in [-0.2, 0) is 19.3 Å². The number of alkyl halides is 1. The van der Waals surface area contributed by atoms with E-state index in [4.69, 9.17) is 0 Å². The number of hydrogen-bond acceptors (Lipinski definition) is 0. The maximum Gasteiger partial charge on any atom is 0.0423 e. The second-order valence-corrected chi connectivity index (χ2v) is 6.02. The molecule has 0 saturated heterocycles. The van der Waals surface area contributed by atoms with Crippen LogP contribution >= 0.6 is 15.9 Å². The Balaban J connectivity index is 3.34. The predicted octanol–water partition coefficient (Wildman–Crippen LogP) is 5.47. The zero-order chi connectivity index (χ0) is 13.0. The van der Waals surface area contributed by atoms with E-state index in [-0.39, 0.29) is 0 Å². The summed E-state index contributed by atoms with van der Waals surface area (Å²) in [5.41, 5.74) is 6.07. The smallest absolute Gasteiger partial charge is 0.0423 e. The molecule has 1 atom stereocenters. The molecule has 0 aliphatic heterocycles. The van der Waals surface area contributed by atoms with Gasteiger partial charge in [0.15, 0.2) is 0 Å². The Kier molecular flexibility index (Phi) is 5.72. The Morgan fingerprint density at radius 3 is 1.71 bits per heavy atom. The fraction of sp³-hybridized carbons (Fsp3) is 0.625. The fourth-order valence-corrected chi connectivity index (χ4v) is 2.92. The molecule has 17 heavy (non-hydrogen) atoms. The first-order chi connectivity index (χ1) is 8.04. The number of rotatable bonds is 5. The van der Waals surface area contributed by atoms with Gasteiger partial charge in [-0.1, -0.05) is 62.7 Å². The van der Waals surface area contributed by atoms with E-state index >= 15 is 0 Å². The maximum absolute atomic E-state index is 3.88. The van der Waals surface area contributed by atoms with E-state index in [2.05, 4.69) is 62.7 Å². The van der Waals surface area contributed by atoms with Crippen LogP contribution < -0.4 is 0 Å². The summed E-state index contributed by atoms with van der Waals surface area (Å²) < 4.78 is 0. The standard InChI is InChI=1S/C16H25Br/c1-6-12-9-13(7-2)15(14(8-3)10-12)16(17)11(4)5/h9-11,16H,6-8H2,1-5H3. The largest absolute Gasteiger partial charge is 0.0836 e. The van der Waals surface area contributed by atoms with Gasteiger partial charge in [-0.2, -0.15) is 0 Å². The summed E-state index contributed by atoms with van der Waals surface area (Å²) in [6.07, 6.45) is 3.39.